The average molecular weight is 305 g/mol. The number of benzene rings is 2. The zero-order chi connectivity index (χ0) is 14.9. The Hall–Kier alpha value is -2.58. The normalized spacial score (nSPS) is 11.0. The van der Waals surface area contributed by atoms with Gasteiger partial charge in [0.2, 0.25) is 0 Å². The minimum atomic E-state index is 0.740. The van der Waals surface area contributed by atoms with E-state index in [2.05, 4.69) is 28.8 Å². The fraction of sp³-hybridized carbons (Fsp3) is 0. The molecule has 2 aromatic carbocycles. The Bertz CT molecular complexity index is 925. The number of halogens is 1. The van der Waals surface area contributed by atoms with E-state index in [0.29, 0.717) is 0 Å². The quantitative estimate of drug-likeness (QED) is 0.490. The number of hydrogen-bond acceptors (Lipinski definition) is 1. The lowest BCUT2D eigenvalue weighted by atomic mass is 10.1. The van der Waals surface area contributed by atoms with Crippen LogP contribution in [0.3, 0.4) is 0 Å². The van der Waals surface area contributed by atoms with Crippen molar-refractivity contribution in [3.05, 3.63) is 84.1 Å². The first-order valence-electron chi connectivity index (χ1n) is 7.10. The molecular weight excluding hydrogens is 292 g/mol. The van der Waals surface area contributed by atoms with Crippen LogP contribution in [0.2, 0.25) is 5.02 Å². The molecule has 0 aliphatic rings. The third kappa shape index (κ3) is 2.28. The molecule has 3 heteroatoms. The molecule has 0 radical (unpaired) electrons. The Morgan fingerprint density at radius 2 is 1.55 bits per heavy atom. The Morgan fingerprint density at radius 3 is 2.32 bits per heavy atom. The standard InChI is InChI=1S/C19H13ClN2/c20-16-10-8-14(9-11-16)17-7-4-12-22-13-18(21-19(17)22)15-5-2-1-3-6-15/h1-13H. The van der Waals surface area contributed by atoms with Gasteiger partial charge in [-0.2, -0.15) is 0 Å². The van der Waals surface area contributed by atoms with Gasteiger partial charge in [0.25, 0.3) is 0 Å². The van der Waals surface area contributed by atoms with Crippen LogP contribution in [0.25, 0.3) is 28.0 Å². The number of aromatic nitrogens is 2. The van der Waals surface area contributed by atoms with E-state index in [1.165, 1.54) is 0 Å². The van der Waals surface area contributed by atoms with E-state index in [9.17, 15) is 0 Å². The van der Waals surface area contributed by atoms with Gasteiger partial charge in [0, 0.05) is 28.5 Å². The highest BCUT2D eigenvalue weighted by atomic mass is 35.5. The minimum absolute atomic E-state index is 0.740. The first kappa shape index (κ1) is 13.1. The Labute approximate surface area is 133 Å². The Kier molecular flexibility index (Phi) is 3.17. The fourth-order valence-corrected chi connectivity index (χ4v) is 2.74. The molecule has 0 saturated carbocycles. The molecule has 22 heavy (non-hydrogen) atoms. The van der Waals surface area contributed by atoms with Gasteiger partial charge < -0.3 is 4.40 Å². The van der Waals surface area contributed by atoms with Crippen LogP contribution in [0.4, 0.5) is 0 Å². The highest BCUT2D eigenvalue weighted by molar-refractivity contribution is 6.30. The lowest BCUT2D eigenvalue weighted by Gasteiger charge is -2.03. The largest absolute Gasteiger partial charge is 0.306 e. The predicted molar refractivity (Wildman–Crippen MR) is 91.1 cm³/mol. The van der Waals surface area contributed by atoms with E-state index in [1.807, 2.05) is 54.7 Å². The number of rotatable bonds is 2. The summed E-state index contributed by atoms with van der Waals surface area (Å²) in [6.07, 6.45) is 4.08. The van der Waals surface area contributed by atoms with Crippen LogP contribution in [0, 0.1) is 0 Å². The van der Waals surface area contributed by atoms with Gasteiger partial charge in [-0.05, 0) is 29.8 Å². The molecule has 4 rings (SSSR count). The van der Waals surface area contributed by atoms with Crippen molar-refractivity contribution in [2.75, 3.05) is 0 Å². The molecule has 0 bridgehead atoms. The number of nitrogens with zero attached hydrogens (tertiary/aromatic N) is 2. The van der Waals surface area contributed by atoms with Crippen molar-refractivity contribution in [1.82, 2.24) is 9.38 Å². The summed E-state index contributed by atoms with van der Waals surface area (Å²) in [6, 6.07) is 22.2. The third-order valence-electron chi connectivity index (χ3n) is 3.71. The first-order chi connectivity index (χ1) is 10.8. The van der Waals surface area contributed by atoms with Crippen molar-refractivity contribution in [3.63, 3.8) is 0 Å². The van der Waals surface area contributed by atoms with E-state index in [4.69, 9.17) is 16.6 Å². The lowest BCUT2D eigenvalue weighted by Crippen LogP contribution is -1.86. The summed E-state index contributed by atoms with van der Waals surface area (Å²) in [7, 11) is 0. The SMILES string of the molecule is Clc1ccc(-c2cccn3cc(-c4ccccc4)nc23)cc1. The van der Waals surface area contributed by atoms with Crippen molar-refractivity contribution in [3.8, 4) is 22.4 Å². The fourth-order valence-electron chi connectivity index (χ4n) is 2.62. The summed E-state index contributed by atoms with van der Waals surface area (Å²) >= 11 is 5.98. The molecule has 0 saturated heterocycles. The van der Waals surface area contributed by atoms with Gasteiger partial charge in [-0.15, -0.1) is 0 Å². The summed E-state index contributed by atoms with van der Waals surface area (Å²) in [5.41, 5.74) is 5.25. The average Bonchev–Trinajstić information content (AvgIpc) is 3.01. The molecule has 0 amide bonds. The van der Waals surface area contributed by atoms with Gasteiger partial charge in [-0.3, -0.25) is 0 Å². The summed E-state index contributed by atoms with van der Waals surface area (Å²) in [5, 5.41) is 0.740. The number of imidazole rings is 1. The number of hydrogen-bond donors (Lipinski definition) is 0. The van der Waals surface area contributed by atoms with Crippen molar-refractivity contribution >= 4 is 17.2 Å². The Morgan fingerprint density at radius 1 is 0.773 bits per heavy atom. The first-order valence-corrected chi connectivity index (χ1v) is 7.48. The molecule has 0 N–H and O–H groups in total. The molecule has 0 fully saturated rings. The van der Waals surface area contributed by atoms with E-state index in [-0.39, 0.29) is 0 Å². The predicted octanol–water partition coefficient (Wildman–Crippen LogP) is 5.32. The topological polar surface area (TPSA) is 17.3 Å². The summed E-state index contributed by atoms with van der Waals surface area (Å²) in [4.78, 5) is 4.81. The van der Waals surface area contributed by atoms with Crippen molar-refractivity contribution in [1.29, 1.82) is 0 Å². The van der Waals surface area contributed by atoms with E-state index < -0.39 is 0 Å². The maximum Gasteiger partial charge on any atom is 0.145 e. The van der Waals surface area contributed by atoms with Crippen LogP contribution in [-0.2, 0) is 0 Å². The van der Waals surface area contributed by atoms with Gasteiger partial charge in [0.15, 0.2) is 0 Å². The van der Waals surface area contributed by atoms with Gasteiger partial charge >= 0.3 is 0 Å². The smallest absolute Gasteiger partial charge is 0.145 e. The van der Waals surface area contributed by atoms with Crippen molar-refractivity contribution in [2.24, 2.45) is 0 Å². The highest BCUT2D eigenvalue weighted by Crippen LogP contribution is 2.27. The molecule has 106 valence electrons. The highest BCUT2D eigenvalue weighted by Gasteiger charge is 2.09. The van der Waals surface area contributed by atoms with Gasteiger partial charge in [0.1, 0.15) is 5.65 Å². The zero-order valence-electron chi connectivity index (χ0n) is 11.8. The van der Waals surface area contributed by atoms with Gasteiger partial charge in [0.05, 0.1) is 5.69 Å². The third-order valence-corrected chi connectivity index (χ3v) is 3.96. The summed E-state index contributed by atoms with van der Waals surface area (Å²) in [6.45, 7) is 0. The minimum Gasteiger partial charge on any atom is -0.306 e. The molecule has 4 aromatic rings. The van der Waals surface area contributed by atoms with Crippen LogP contribution in [0.1, 0.15) is 0 Å². The van der Waals surface area contributed by atoms with E-state index in [1.54, 1.807) is 0 Å². The molecule has 0 aliphatic heterocycles. The second-order valence-corrected chi connectivity index (χ2v) is 5.59. The van der Waals surface area contributed by atoms with E-state index in [0.717, 1.165) is 33.1 Å². The monoisotopic (exact) mass is 304 g/mol. The van der Waals surface area contributed by atoms with Crippen LogP contribution in [0.5, 0.6) is 0 Å². The zero-order valence-corrected chi connectivity index (χ0v) is 12.5. The maximum absolute atomic E-state index is 5.98. The van der Waals surface area contributed by atoms with Crippen molar-refractivity contribution in [2.45, 2.75) is 0 Å². The summed E-state index contributed by atoms with van der Waals surface area (Å²) in [5.74, 6) is 0. The van der Waals surface area contributed by atoms with Crippen LogP contribution in [-0.4, -0.2) is 9.38 Å². The molecule has 0 unspecified atom stereocenters. The van der Waals surface area contributed by atoms with Crippen molar-refractivity contribution < 1.29 is 0 Å². The second-order valence-electron chi connectivity index (χ2n) is 5.15. The number of fused-ring (bicyclic) bond motifs is 1. The van der Waals surface area contributed by atoms with Crippen LogP contribution in [0.15, 0.2) is 79.1 Å². The van der Waals surface area contributed by atoms with Crippen LogP contribution < -0.4 is 0 Å². The molecule has 2 aromatic heterocycles. The molecule has 0 aliphatic carbocycles. The molecule has 0 spiro atoms. The molecule has 2 nitrogen and oxygen atoms in total. The molecule has 2 heterocycles. The molecule has 0 atom stereocenters. The summed E-state index contributed by atoms with van der Waals surface area (Å²) < 4.78 is 2.06. The van der Waals surface area contributed by atoms with Gasteiger partial charge in [-0.1, -0.05) is 54.1 Å². The molecular formula is C19H13ClN2. The maximum atomic E-state index is 5.98. The van der Waals surface area contributed by atoms with Gasteiger partial charge in [-0.25, -0.2) is 4.98 Å². The lowest BCUT2D eigenvalue weighted by molar-refractivity contribution is 1.19. The Balaban J connectivity index is 1.90. The second kappa shape index (κ2) is 5.32. The van der Waals surface area contributed by atoms with E-state index >= 15 is 0 Å². The number of pyridine rings is 1. The van der Waals surface area contributed by atoms with Crippen LogP contribution >= 0.6 is 11.6 Å².